The van der Waals surface area contributed by atoms with Crippen molar-refractivity contribution in [3.8, 4) is 11.6 Å². The SMILES string of the molecule is Cc1cc(C(F)(F)F)nn1CC(=O)NCc1nnc(-c2nccc3ccccc23)o1. The molecule has 0 saturated carbocycles. The van der Waals surface area contributed by atoms with Crippen LogP contribution in [0.25, 0.3) is 22.4 Å². The molecule has 4 rings (SSSR count). The van der Waals surface area contributed by atoms with Crippen molar-refractivity contribution in [3.05, 3.63) is 59.9 Å². The lowest BCUT2D eigenvalue weighted by Gasteiger charge is -2.05. The maximum absolute atomic E-state index is 12.7. The first-order valence-electron chi connectivity index (χ1n) is 8.86. The normalized spacial score (nSPS) is 11.7. The standard InChI is InChI=1S/C19H15F3N6O2/c1-11-8-14(19(20,21)22)27-28(11)10-15(29)24-9-16-25-26-18(30-16)17-13-5-3-2-4-12(13)6-7-23-17/h2-8H,9-10H2,1H3,(H,24,29). The van der Waals surface area contributed by atoms with Crippen molar-refractivity contribution in [2.75, 3.05) is 0 Å². The molecular weight excluding hydrogens is 401 g/mol. The molecule has 3 aromatic heterocycles. The Kier molecular flexibility index (Phi) is 4.94. The number of aryl methyl sites for hydroxylation is 1. The predicted octanol–water partition coefficient (Wildman–Crippen LogP) is 3.12. The predicted molar refractivity (Wildman–Crippen MR) is 98.8 cm³/mol. The third kappa shape index (κ3) is 4.00. The van der Waals surface area contributed by atoms with E-state index in [0.29, 0.717) is 5.69 Å². The van der Waals surface area contributed by atoms with E-state index >= 15 is 0 Å². The average molecular weight is 416 g/mol. The Morgan fingerprint density at radius 2 is 2.00 bits per heavy atom. The van der Waals surface area contributed by atoms with E-state index in [-0.39, 0.29) is 30.6 Å². The van der Waals surface area contributed by atoms with Crippen LogP contribution in [0.1, 0.15) is 17.3 Å². The number of hydrogen-bond acceptors (Lipinski definition) is 6. The summed E-state index contributed by atoms with van der Waals surface area (Å²) in [6.07, 6.45) is -2.94. The van der Waals surface area contributed by atoms with Gasteiger partial charge in [0.05, 0.1) is 6.54 Å². The average Bonchev–Trinajstić information content (AvgIpc) is 3.33. The minimum Gasteiger partial charge on any atom is -0.417 e. The summed E-state index contributed by atoms with van der Waals surface area (Å²) in [4.78, 5) is 16.4. The van der Waals surface area contributed by atoms with Gasteiger partial charge in [-0.1, -0.05) is 24.3 Å². The van der Waals surface area contributed by atoms with Gasteiger partial charge in [0.2, 0.25) is 11.8 Å². The van der Waals surface area contributed by atoms with Crippen LogP contribution >= 0.6 is 0 Å². The number of amides is 1. The molecule has 0 unspecified atom stereocenters. The van der Waals surface area contributed by atoms with Crippen molar-refractivity contribution in [2.24, 2.45) is 0 Å². The monoisotopic (exact) mass is 416 g/mol. The number of halogens is 3. The van der Waals surface area contributed by atoms with E-state index < -0.39 is 17.8 Å². The van der Waals surface area contributed by atoms with Crippen LogP contribution in [-0.4, -0.2) is 30.9 Å². The van der Waals surface area contributed by atoms with Crippen molar-refractivity contribution in [1.82, 2.24) is 30.3 Å². The summed E-state index contributed by atoms with van der Waals surface area (Å²) in [5.41, 5.74) is -0.304. The van der Waals surface area contributed by atoms with Crippen LogP contribution in [0.4, 0.5) is 13.2 Å². The van der Waals surface area contributed by atoms with Gasteiger partial charge in [0.25, 0.3) is 5.89 Å². The Bertz CT molecular complexity index is 1210. The fourth-order valence-electron chi connectivity index (χ4n) is 2.89. The minimum atomic E-state index is -4.57. The number of carbonyl (C=O) groups is 1. The minimum absolute atomic E-state index is 0.0803. The van der Waals surface area contributed by atoms with E-state index in [0.717, 1.165) is 21.5 Å². The lowest BCUT2D eigenvalue weighted by Crippen LogP contribution is -2.28. The first-order valence-corrected chi connectivity index (χ1v) is 8.86. The van der Waals surface area contributed by atoms with E-state index in [1.165, 1.54) is 6.92 Å². The van der Waals surface area contributed by atoms with Gasteiger partial charge in [0.15, 0.2) is 5.69 Å². The molecule has 0 fully saturated rings. The number of carbonyl (C=O) groups excluding carboxylic acids is 1. The second kappa shape index (κ2) is 7.58. The van der Waals surface area contributed by atoms with E-state index in [1.807, 2.05) is 30.3 Å². The molecular formula is C19H15F3N6O2. The summed E-state index contributed by atoms with van der Waals surface area (Å²) in [5, 5.41) is 15.6. The lowest BCUT2D eigenvalue weighted by molar-refractivity contribution is -0.141. The summed E-state index contributed by atoms with van der Waals surface area (Å²) in [7, 11) is 0. The molecule has 1 aromatic carbocycles. The number of nitrogens with one attached hydrogen (secondary N) is 1. The topological polar surface area (TPSA) is 98.7 Å². The van der Waals surface area contributed by atoms with Crippen molar-refractivity contribution in [3.63, 3.8) is 0 Å². The second-order valence-corrected chi connectivity index (χ2v) is 6.48. The molecule has 0 aliphatic carbocycles. The van der Waals surface area contributed by atoms with Crippen LogP contribution in [0, 0.1) is 6.92 Å². The molecule has 8 nitrogen and oxygen atoms in total. The maximum atomic E-state index is 12.7. The van der Waals surface area contributed by atoms with Crippen LogP contribution in [0.15, 0.2) is 47.0 Å². The van der Waals surface area contributed by atoms with Crippen LogP contribution < -0.4 is 5.32 Å². The Morgan fingerprint density at radius 3 is 2.77 bits per heavy atom. The van der Waals surface area contributed by atoms with Crippen molar-refractivity contribution in [2.45, 2.75) is 26.2 Å². The van der Waals surface area contributed by atoms with Crippen LogP contribution in [0.3, 0.4) is 0 Å². The quantitative estimate of drug-likeness (QED) is 0.537. The molecule has 1 N–H and O–H groups in total. The van der Waals surface area contributed by atoms with Crippen molar-refractivity contribution in [1.29, 1.82) is 0 Å². The Balaban J connectivity index is 1.42. The van der Waals surface area contributed by atoms with Crippen molar-refractivity contribution >= 4 is 16.7 Å². The molecule has 154 valence electrons. The molecule has 0 radical (unpaired) electrons. The highest BCUT2D eigenvalue weighted by molar-refractivity contribution is 5.92. The van der Waals surface area contributed by atoms with Gasteiger partial charge in [-0.25, -0.2) is 0 Å². The van der Waals surface area contributed by atoms with E-state index in [4.69, 9.17) is 4.42 Å². The first-order chi connectivity index (χ1) is 14.3. The summed E-state index contributed by atoms with van der Waals surface area (Å²) in [6, 6.07) is 10.3. The Labute approximate surface area is 167 Å². The molecule has 11 heteroatoms. The number of alkyl halides is 3. The summed E-state index contributed by atoms with van der Waals surface area (Å²) in [5.74, 6) is -0.201. The highest BCUT2D eigenvalue weighted by Crippen LogP contribution is 2.28. The number of pyridine rings is 1. The molecule has 4 aromatic rings. The number of aromatic nitrogens is 5. The summed E-state index contributed by atoms with van der Waals surface area (Å²) >= 11 is 0. The fraction of sp³-hybridized carbons (Fsp3) is 0.211. The highest BCUT2D eigenvalue weighted by atomic mass is 19.4. The Morgan fingerprint density at radius 1 is 1.20 bits per heavy atom. The highest BCUT2D eigenvalue weighted by Gasteiger charge is 2.34. The zero-order chi connectivity index (χ0) is 21.3. The zero-order valence-corrected chi connectivity index (χ0v) is 15.6. The van der Waals surface area contributed by atoms with Gasteiger partial charge in [0.1, 0.15) is 12.2 Å². The molecule has 0 bridgehead atoms. The molecule has 0 spiro atoms. The van der Waals surface area contributed by atoms with E-state index in [1.54, 1.807) is 6.20 Å². The summed E-state index contributed by atoms with van der Waals surface area (Å²) < 4.78 is 44.7. The summed E-state index contributed by atoms with van der Waals surface area (Å²) in [6.45, 7) is 0.994. The second-order valence-electron chi connectivity index (χ2n) is 6.48. The number of benzene rings is 1. The zero-order valence-electron chi connectivity index (χ0n) is 15.6. The molecule has 0 aliphatic heterocycles. The molecule has 0 aliphatic rings. The van der Waals surface area contributed by atoms with Crippen LogP contribution in [0.2, 0.25) is 0 Å². The third-order valence-electron chi connectivity index (χ3n) is 4.34. The third-order valence-corrected chi connectivity index (χ3v) is 4.34. The van der Waals surface area contributed by atoms with Crippen LogP contribution in [-0.2, 0) is 24.1 Å². The molecule has 30 heavy (non-hydrogen) atoms. The number of hydrogen-bond donors (Lipinski definition) is 1. The van der Waals surface area contributed by atoms with Gasteiger partial charge in [-0.05, 0) is 24.4 Å². The number of fused-ring (bicyclic) bond motifs is 1. The van der Waals surface area contributed by atoms with E-state index in [9.17, 15) is 18.0 Å². The van der Waals surface area contributed by atoms with Crippen molar-refractivity contribution < 1.29 is 22.4 Å². The van der Waals surface area contributed by atoms with Gasteiger partial charge in [-0.15, -0.1) is 10.2 Å². The molecule has 1 amide bonds. The van der Waals surface area contributed by atoms with Gasteiger partial charge in [-0.2, -0.15) is 18.3 Å². The largest absolute Gasteiger partial charge is 0.435 e. The lowest BCUT2D eigenvalue weighted by atomic mass is 10.1. The van der Waals surface area contributed by atoms with Crippen LogP contribution in [0.5, 0.6) is 0 Å². The Hall–Kier alpha value is -3.76. The van der Waals surface area contributed by atoms with Gasteiger partial charge < -0.3 is 9.73 Å². The van der Waals surface area contributed by atoms with Gasteiger partial charge in [-0.3, -0.25) is 14.5 Å². The molecule has 0 atom stereocenters. The number of nitrogens with zero attached hydrogens (tertiary/aromatic N) is 5. The first kappa shape index (κ1) is 19.6. The van der Waals surface area contributed by atoms with Gasteiger partial charge in [0, 0.05) is 17.3 Å². The fourth-order valence-corrected chi connectivity index (χ4v) is 2.89. The van der Waals surface area contributed by atoms with Gasteiger partial charge >= 0.3 is 6.18 Å². The molecule has 0 saturated heterocycles. The maximum Gasteiger partial charge on any atom is 0.435 e. The molecule has 3 heterocycles. The van der Waals surface area contributed by atoms with E-state index in [2.05, 4.69) is 25.6 Å². The number of rotatable bonds is 5. The smallest absolute Gasteiger partial charge is 0.417 e.